The number of fused-ring (bicyclic) bond motifs is 1. The number of carbonyl (C=O) groups is 1. The van der Waals surface area contributed by atoms with Gasteiger partial charge in [-0.3, -0.25) is 9.69 Å². The highest BCUT2D eigenvalue weighted by Crippen LogP contribution is 2.32. The van der Waals surface area contributed by atoms with Crippen LogP contribution in [-0.4, -0.2) is 59.6 Å². The van der Waals surface area contributed by atoms with Crippen molar-refractivity contribution in [3.63, 3.8) is 0 Å². The van der Waals surface area contributed by atoms with Crippen LogP contribution in [0.5, 0.6) is 0 Å². The summed E-state index contributed by atoms with van der Waals surface area (Å²) in [6.07, 6.45) is 3.71. The van der Waals surface area contributed by atoms with Crippen molar-refractivity contribution >= 4 is 39.9 Å². The Morgan fingerprint density at radius 2 is 1.67 bits per heavy atom. The van der Waals surface area contributed by atoms with Crippen molar-refractivity contribution in [3.8, 4) is 0 Å². The predicted molar refractivity (Wildman–Crippen MR) is 143 cm³/mol. The normalized spacial score (nSPS) is 21.7. The summed E-state index contributed by atoms with van der Waals surface area (Å²) in [4.78, 5) is 17.7. The molecule has 5 rings (SSSR count). The van der Waals surface area contributed by atoms with E-state index in [1.54, 1.807) is 18.2 Å². The summed E-state index contributed by atoms with van der Waals surface area (Å²) < 4.78 is 14.2. The molecule has 3 aromatic rings. The molecule has 36 heavy (non-hydrogen) atoms. The molecular weight excluding hydrogens is 498 g/mol. The summed E-state index contributed by atoms with van der Waals surface area (Å²) in [5.41, 5.74) is 1.72. The number of halogens is 3. The van der Waals surface area contributed by atoms with E-state index in [-0.39, 0.29) is 24.2 Å². The number of carbonyl (C=O) groups excluding carboxylic acids is 1. The van der Waals surface area contributed by atoms with Gasteiger partial charge in [0.1, 0.15) is 5.82 Å². The molecular formula is C29H31Cl2FN2O2. The molecule has 2 aliphatic rings. The number of nitrogens with zero attached hydrogens (tertiary/aromatic N) is 2. The molecule has 2 saturated heterocycles. The van der Waals surface area contributed by atoms with E-state index in [0.29, 0.717) is 51.4 Å². The van der Waals surface area contributed by atoms with Crippen molar-refractivity contribution in [2.24, 2.45) is 11.8 Å². The third-order valence-corrected chi connectivity index (χ3v) is 8.75. The van der Waals surface area contributed by atoms with Crippen molar-refractivity contribution in [2.45, 2.75) is 31.7 Å². The molecule has 3 aromatic carbocycles. The molecule has 0 aliphatic carbocycles. The number of likely N-dealkylation sites (tertiary alicyclic amines) is 2. The summed E-state index contributed by atoms with van der Waals surface area (Å²) in [5, 5.41) is 12.4. The van der Waals surface area contributed by atoms with Crippen LogP contribution in [0.25, 0.3) is 10.8 Å². The summed E-state index contributed by atoms with van der Waals surface area (Å²) in [7, 11) is 0. The molecule has 0 bridgehead atoms. The maximum atomic E-state index is 14.2. The Bertz CT molecular complexity index is 1250. The maximum Gasteiger partial charge on any atom is 0.254 e. The number of aliphatic hydroxyl groups excluding tert-OH is 1. The molecule has 4 nitrogen and oxygen atoms in total. The highest BCUT2D eigenvalue weighted by atomic mass is 35.5. The van der Waals surface area contributed by atoms with Gasteiger partial charge in [0.25, 0.3) is 5.91 Å². The van der Waals surface area contributed by atoms with Crippen molar-refractivity contribution in [3.05, 3.63) is 81.6 Å². The first-order valence-corrected chi connectivity index (χ1v) is 13.5. The van der Waals surface area contributed by atoms with Crippen LogP contribution < -0.4 is 0 Å². The Balaban J connectivity index is 1.19. The highest BCUT2D eigenvalue weighted by molar-refractivity contribution is 6.42. The van der Waals surface area contributed by atoms with E-state index in [1.165, 1.54) is 6.07 Å². The van der Waals surface area contributed by atoms with Crippen LogP contribution in [0.2, 0.25) is 10.0 Å². The highest BCUT2D eigenvalue weighted by Gasteiger charge is 2.34. The molecule has 1 N–H and O–H groups in total. The Kier molecular flexibility index (Phi) is 7.82. The van der Waals surface area contributed by atoms with Gasteiger partial charge in [-0.2, -0.15) is 0 Å². The van der Waals surface area contributed by atoms with E-state index in [4.69, 9.17) is 23.2 Å². The van der Waals surface area contributed by atoms with Crippen molar-refractivity contribution < 1.29 is 14.3 Å². The average molecular weight is 529 g/mol. The first-order valence-electron chi connectivity index (χ1n) is 12.7. The third-order valence-electron chi connectivity index (χ3n) is 8.01. The fraction of sp³-hybridized carbons (Fsp3) is 0.414. The number of aliphatic hydroxyl groups is 1. The Labute approximate surface area is 221 Å². The monoisotopic (exact) mass is 528 g/mol. The van der Waals surface area contributed by atoms with Gasteiger partial charge in [0, 0.05) is 43.2 Å². The fourth-order valence-corrected chi connectivity index (χ4v) is 6.26. The van der Waals surface area contributed by atoms with Gasteiger partial charge in [-0.1, -0.05) is 53.5 Å². The van der Waals surface area contributed by atoms with Gasteiger partial charge in [0.15, 0.2) is 0 Å². The number of hydrogen-bond acceptors (Lipinski definition) is 3. The van der Waals surface area contributed by atoms with Crippen LogP contribution in [0.3, 0.4) is 0 Å². The van der Waals surface area contributed by atoms with Gasteiger partial charge in [-0.15, -0.1) is 0 Å². The number of piperidine rings is 2. The lowest BCUT2D eigenvalue weighted by Crippen LogP contribution is -2.52. The Hall–Kier alpha value is -2.18. The van der Waals surface area contributed by atoms with Crippen LogP contribution in [0, 0.1) is 17.7 Å². The van der Waals surface area contributed by atoms with E-state index in [1.807, 2.05) is 35.2 Å². The molecule has 7 heteroatoms. The molecule has 0 radical (unpaired) electrons. The summed E-state index contributed by atoms with van der Waals surface area (Å²) in [6.45, 7) is 3.38. The smallest absolute Gasteiger partial charge is 0.254 e. The molecule has 0 saturated carbocycles. The van der Waals surface area contributed by atoms with Gasteiger partial charge < -0.3 is 10.0 Å². The van der Waals surface area contributed by atoms with Crippen LogP contribution >= 0.6 is 23.2 Å². The SMILES string of the molecule is O=C(c1ccc(F)c2ccccc12)N1CCC(N2CC[C@H](Cc3ccc(Cl)c(Cl)c3)[C@H](CO)C2)CC1. The number of rotatable bonds is 5. The standard InChI is InChI=1S/C29H31Cl2FN2O2/c30-26-7-5-19(16-27(26)31)15-20-9-12-34(17-21(20)18-35)22-10-13-33(14-11-22)29(36)25-6-8-28(32)24-4-2-1-3-23(24)25/h1-8,16,20-22,35H,9-15,17-18H2/t20-,21+/m1/s1. The maximum absolute atomic E-state index is 14.2. The van der Waals surface area contributed by atoms with E-state index >= 15 is 0 Å². The van der Waals surface area contributed by atoms with Crippen LogP contribution in [0.1, 0.15) is 35.2 Å². The van der Waals surface area contributed by atoms with Gasteiger partial charge in [-0.25, -0.2) is 4.39 Å². The van der Waals surface area contributed by atoms with Crippen molar-refractivity contribution in [1.82, 2.24) is 9.80 Å². The minimum Gasteiger partial charge on any atom is -0.396 e. The molecule has 2 atom stereocenters. The third kappa shape index (κ3) is 5.26. The number of amides is 1. The lowest BCUT2D eigenvalue weighted by molar-refractivity contribution is 0.0242. The van der Waals surface area contributed by atoms with Gasteiger partial charge >= 0.3 is 0 Å². The zero-order chi connectivity index (χ0) is 25.2. The summed E-state index contributed by atoms with van der Waals surface area (Å²) >= 11 is 12.3. The average Bonchev–Trinajstić information content (AvgIpc) is 2.91. The Morgan fingerprint density at radius 1 is 0.917 bits per heavy atom. The Morgan fingerprint density at radius 3 is 2.39 bits per heavy atom. The van der Waals surface area contributed by atoms with Crippen LogP contribution in [0.15, 0.2) is 54.6 Å². The molecule has 2 heterocycles. The van der Waals surface area contributed by atoms with E-state index in [9.17, 15) is 14.3 Å². The first-order chi connectivity index (χ1) is 17.4. The van der Waals surface area contributed by atoms with Gasteiger partial charge in [0.2, 0.25) is 0 Å². The zero-order valence-electron chi connectivity index (χ0n) is 20.2. The first kappa shape index (κ1) is 25.5. The topological polar surface area (TPSA) is 43.8 Å². The molecule has 190 valence electrons. The molecule has 2 fully saturated rings. The minimum absolute atomic E-state index is 0.0294. The second-order valence-electron chi connectivity index (χ2n) is 10.1. The van der Waals surface area contributed by atoms with E-state index < -0.39 is 0 Å². The second kappa shape index (κ2) is 11.1. The second-order valence-corrected chi connectivity index (χ2v) is 10.9. The molecule has 0 unspecified atom stereocenters. The molecule has 0 aromatic heterocycles. The lowest BCUT2D eigenvalue weighted by atomic mass is 9.80. The fourth-order valence-electron chi connectivity index (χ4n) is 5.94. The lowest BCUT2D eigenvalue weighted by Gasteiger charge is -2.44. The molecule has 2 aliphatic heterocycles. The van der Waals surface area contributed by atoms with E-state index in [0.717, 1.165) is 44.3 Å². The molecule has 1 amide bonds. The predicted octanol–water partition coefficient (Wildman–Crippen LogP) is 6.06. The molecule has 0 spiro atoms. The van der Waals surface area contributed by atoms with Crippen molar-refractivity contribution in [2.75, 3.05) is 32.8 Å². The van der Waals surface area contributed by atoms with E-state index in [2.05, 4.69) is 4.90 Å². The quantitative estimate of drug-likeness (QED) is 0.437. The van der Waals surface area contributed by atoms with Gasteiger partial charge in [-0.05, 0) is 79.3 Å². The van der Waals surface area contributed by atoms with Gasteiger partial charge in [0.05, 0.1) is 10.0 Å². The largest absolute Gasteiger partial charge is 0.396 e. The summed E-state index contributed by atoms with van der Waals surface area (Å²) in [5.74, 6) is 0.274. The minimum atomic E-state index is -0.304. The number of benzene rings is 3. The zero-order valence-corrected chi connectivity index (χ0v) is 21.7. The summed E-state index contributed by atoms with van der Waals surface area (Å²) in [6, 6.07) is 16.4. The number of hydrogen-bond donors (Lipinski definition) is 1. The van der Waals surface area contributed by atoms with Crippen molar-refractivity contribution in [1.29, 1.82) is 0 Å². The van der Waals surface area contributed by atoms with Crippen LogP contribution in [0.4, 0.5) is 4.39 Å². The van der Waals surface area contributed by atoms with Crippen LogP contribution in [-0.2, 0) is 6.42 Å².